The second-order valence-electron chi connectivity index (χ2n) is 9.09. The van der Waals surface area contributed by atoms with Crippen LogP contribution < -0.4 is 11.1 Å². The number of carbonyl (C=O) groups excluding carboxylic acids is 3. The Morgan fingerprint density at radius 2 is 2.11 bits per heavy atom. The summed E-state index contributed by atoms with van der Waals surface area (Å²) in [5, 5.41) is 25.1. The number of nitrogens with two attached hydrogens (primary N) is 1. The van der Waals surface area contributed by atoms with Gasteiger partial charge in [0.05, 0.1) is 0 Å². The van der Waals surface area contributed by atoms with E-state index in [1.165, 1.54) is 12.2 Å². The van der Waals surface area contributed by atoms with Crippen LogP contribution in [0.15, 0.2) is 80.9 Å². The lowest BCUT2D eigenvalue weighted by Gasteiger charge is -2.29. The molecule has 1 aliphatic heterocycles. The number of fused-ring (bicyclic) bond motifs is 1. The quantitative estimate of drug-likeness (QED) is 0.298. The van der Waals surface area contributed by atoms with Crippen LogP contribution in [-0.4, -0.2) is 61.9 Å². The Morgan fingerprint density at radius 1 is 1.29 bits per heavy atom. The van der Waals surface area contributed by atoms with Crippen LogP contribution in [0, 0.1) is 5.92 Å². The minimum Gasteiger partial charge on any atom is -0.742 e. The Hall–Kier alpha value is -4.58. The molecule has 0 aromatic carbocycles. The van der Waals surface area contributed by atoms with Gasteiger partial charge in [0, 0.05) is 36.7 Å². The molecule has 0 saturated heterocycles. The molecule has 0 radical (unpaired) electrons. The smallest absolute Gasteiger partial charge is 0.270 e. The molecule has 0 fully saturated rings. The predicted molar refractivity (Wildman–Crippen MR) is 138 cm³/mol. The van der Waals surface area contributed by atoms with Crippen molar-refractivity contribution >= 4 is 41.4 Å². The second kappa shape index (κ2) is 10.1. The fraction of sp³-hybridized carbons (Fsp3) is 0.231. The third-order valence-electron chi connectivity index (χ3n) is 6.55. The Morgan fingerprint density at radius 3 is 2.82 bits per heavy atom. The van der Waals surface area contributed by atoms with Crippen LogP contribution >= 0.6 is 0 Å². The molecule has 196 valence electrons. The van der Waals surface area contributed by atoms with E-state index >= 15 is 0 Å². The molecular formula is C26H24N5O6S-. The highest BCUT2D eigenvalue weighted by Crippen LogP contribution is 2.31. The SMILES string of the molecule is NC(=O)[C@H](Cc1ccc([S-])o1)NC(=O)C1C=C(O)C2=C(C=C1O)CN(C(=O)c1cc3cccnc3[nH]1)CC2. The number of aliphatic hydroxyl groups is 2. The number of hydrogen-bond donors (Lipinski definition) is 5. The van der Waals surface area contributed by atoms with Crippen LogP contribution in [0.5, 0.6) is 0 Å². The number of aromatic amines is 1. The van der Waals surface area contributed by atoms with Crippen molar-refractivity contribution in [3.63, 3.8) is 0 Å². The van der Waals surface area contributed by atoms with E-state index in [0.717, 1.165) is 5.39 Å². The number of primary amides is 1. The van der Waals surface area contributed by atoms with Crippen LogP contribution in [0.3, 0.4) is 0 Å². The van der Waals surface area contributed by atoms with E-state index in [-0.39, 0.29) is 35.5 Å². The number of amides is 3. The van der Waals surface area contributed by atoms with E-state index in [2.05, 4.69) is 15.3 Å². The maximum atomic E-state index is 13.2. The van der Waals surface area contributed by atoms with Gasteiger partial charge in [-0.2, -0.15) is 0 Å². The molecule has 2 aliphatic rings. The summed E-state index contributed by atoms with van der Waals surface area (Å²) < 4.78 is 5.29. The number of furan rings is 1. The summed E-state index contributed by atoms with van der Waals surface area (Å²) >= 11 is 4.92. The van der Waals surface area contributed by atoms with Crippen molar-refractivity contribution in [2.75, 3.05) is 13.1 Å². The van der Waals surface area contributed by atoms with Gasteiger partial charge in [-0.15, -0.1) is 0 Å². The van der Waals surface area contributed by atoms with E-state index in [9.17, 15) is 24.6 Å². The zero-order chi connectivity index (χ0) is 27.0. The molecule has 3 amide bonds. The number of carbonyl (C=O) groups is 3. The normalized spacial score (nSPS) is 18.3. The molecule has 11 nitrogen and oxygen atoms in total. The average Bonchev–Trinajstić information content (AvgIpc) is 3.48. The first-order chi connectivity index (χ1) is 18.2. The molecule has 3 aromatic heterocycles. The van der Waals surface area contributed by atoms with Crippen molar-refractivity contribution in [2.45, 2.75) is 24.0 Å². The third-order valence-corrected chi connectivity index (χ3v) is 6.77. The topological polar surface area (TPSA) is 175 Å². The maximum Gasteiger partial charge on any atom is 0.270 e. The predicted octanol–water partition coefficient (Wildman–Crippen LogP) is 1.93. The molecule has 4 heterocycles. The standard InChI is InChI=1S/C26H25N5O6S/c27-23(34)18(10-15-3-4-22(38)37-15)30-25(35)17-11-21(33)16-5-7-31(12-14(16)9-20(17)32)26(36)19-8-13-2-1-6-28-24(13)29-19/h1-4,6,8-9,11,17-18,32-33,38H,5,7,10,12H2,(H2,27,34)(H,28,29)(H,30,35)/p-1/t17?,18-/m0/s1. The van der Waals surface area contributed by atoms with Gasteiger partial charge in [0.25, 0.3) is 5.91 Å². The highest BCUT2D eigenvalue weighted by atomic mass is 32.1. The lowest BCUT2D eigenvalue weighted by molar-refractivity contribution is -0.128. The molecule has 1 aliphatic carbocycles. The number of aliphatic hydroxyl groups excluding tert-OH is 2. The zero-order valence-corrected chi connectivity index (χ0v) is 20.8. The molecular weight excluding hydrogens is 510 g/mol. The number of nitrogens with zero attached hydrogens (tertiary/aromatic N) is 2. The maximum absolute atomic E-state index is 13.2. The van der Waals surface area contributed by atoms with Gasteiger partial charge < -0.3 is 48.2 Å². The van der Waals surface area contributed by atoms with Crippen LogP contribution in [-0.2, 0) is 28.6 Å². The summed E-state index contributed by atoms with van der Waals surface area (Å²) in [6, 6.07) is 7.35. The van der Waals surface area contributed by atoms with Crippen LogP contribution in [0.1, 0.15) is 22.7 Å². The number of rotatable bonds is 6. The monoisotopic (exact) mass is 534 g/mol. The van der Waals surface area contributed by atoms with Gasteiger partial charge in [0.1, 0.15) is 40.6 Å². The highest BCUT2D eigenvalue weighted by molar-refractivity contribution is 7.58. The number of allylic oxidation sites excluding steroid dienone is 1. The number of H-pyrrole nitrogens is 1. The number of hydrogen-bond acceptors (Lipinski definition) is 8. The van der Waals surface area contributed by atoms with Crippen molar-refractivity contribution in [3.8, 4) is 0 Å². The van der Waals surface area contributed by atoms with Crippen molar-refractivity contribution in [3.05, 3.63) is 82.8 Å². The van der Waals surface area contributed by atoms with E-state index in [1.807, 2.05) is 6.07 Å². The molecule has 0 saturated carbocycles. The largest absolute Gasteiger partial charge is 0.742 e. The molecule has 2 atom stereocenters. The van der Waals surface area contributed by atoms with Crippen molar-refractivity contribution < 1.29 is 29.0 Å². The van der Waals surface area contributed by atoms with Crippen molar-refractivity contribution in [1.82, 2.24) is 20.2 Å². The summed E-state index contributed by atoms with van der Waals surface area (Å²) in [4.78, 5) is 47.0. The average molecular weight is 535 g/mol. The molecule has 6 N–H and O–H groups in total. The highest BCUT2D eigenvalue weighted by Gasteiger charge is 2.32. The van der Waals surface area contributed by atoms with Gasteiger partial charge in [-0.3, -0.25) is 14.4 Å². The van der Waals surface area contributed by atoms with Gasteiger partial charge in [-0.1, -0.05) is 0 Å². The van der Waals surface area contributed by atoms with E-state index < -0.39 is 23.8 Å². The Kier molecular flexibility index (Phi) is 6.64. The van der Waals surface area contributed by atoms with Gasteiger partial charge in [0.2, 0.25) is 11.8 Å². The molecule has 38 heavy (non-hydrogen) atoms. The molecule has 1 unspecified atom stereocenters. The molecule has 0 bridgehead atoms. The summed E-state index contributed by atoms with van der Waals surface area (Å²) in [5.41, 5.74) is 7.45. The first-order valence-corrected chi connectivity index (χ1v) is 12.2. The van der Waals surface area contributed by atoms with Gasteiger partial charge in [-0.25, -0.2) is 4.98 Å². The second-order valence-corrected chi connectivity index (χ2v) is 9.49. The van der Waals surface area contributed by atoms with Gasteiger partial charge in [0.15, 0.2) is 0 Å². The van der Waals surface area contributed by atoms with Gasteiger partial charge >= 0.3 is 0 Å². The Labute approximate surface area is 222 Å². The van der Waals surface area contributed by atoms with Crippen LogP contribution in [0.2, 0.25) is 0 Å². The summed E-state index contributed by atoms with van der Waals surface area (Å²) in [6.45, 7) is 0.431. The zero-order valence-electron chi connectivity index (χ0n) is 20.0. The van der Waals surface area contributed by atoms with Crippen molar-refractivity contribution in [1.29, 1.82) is 0 Å². The van der Waals surface area contributed by atoms with E-state index in [4.69, 9.17) is 22.8 Å². The van der Waals surface area contributed by atoms with E-state index in [0.29, 0.717) is 41.2 Å². The lowest BCUT2D eigenvalue weighted by atomic mass is 9.98. The summed E-state index contributed by atoms with van der Waals surface area (Å²) in [5.74, 6) is -3.24. The summed E-state index contributed by atoms with van der Waals surface area (Å²) in [6.07, 6.45) is 4.51. The molecule has 3 aromatic rings. The van der Waals surface area contributed by atoms with Gasteiger partial charge in [-0.05, 0) is 59.6 Å². The fourth-order valence-electron chi connectivity index (χ4n) is 4.60. The molecule has 5 rings (SSSR count). The minimum atomic E-state index is -1.28. The Bertz CT molecular complexity index is 1500. The Balaban J connectivity index is 1.32. The van der Waals surface area contributed by atoms with Crippen molar-refractivity contribution in [2.24, 2.45) is 11.7 Å². The first-order valence-electron chi connectivity index (χ1n) is 11.8. The molecule has 0 spiro atoms. The lowest BCUT2D eigenvalue weighted by Crippen LogP contribution is -2.47. The number of nitrogens with one attached hydrogen (secondary N) is 2. The number of aromatic nitrogens is 2. The number of pyridine rings is 1. The molecule has 12 heteroatoms. The van der Waals surface area contributed by atoms with Crippen LogP contribution in [0.25, 0.3) is 11.0 Å². The minimum absolute atomic E-state index is 0.0281. The first kappa shape index (κ1) is 25.1. The summed E-state index contributed by atoms with van der Waals surface area (Å²) in [7, 11) is 0. The third kappa shape index (κ3) is 4.98. The van der Waals surface area contributed by atoms with E-state index in [1.54, 1.807) is 35.4 Å². The fourth-order valence-corrected chi connectivity index (χ4v) is 4.78. The van der Waals surface area contributed by atoms with Crippen LogP contribution in [0.4, 0.5) is 0 Å².